The number of rotatable bonds is 12. The Labute approximate surface area is 205 Å². The Morgan fingerprint density at radius 3 is 1.97 bits per heavy atom. The van der Waals surface area contributed by atoms with Gasteiger partial charge in [-0.25, -0.2) is 0 Å². The van der Waals surface area contributed by atoms with E-state index in [2.05, 4.69) is 0 Å². The van der Waals surface area contributed by atoms with E-state index < -0.39 is 17.4 Å². The number of esters is 2. The van der Waals surface area contributed by atoms with Gasteiger partial charge in [0.2, 0.25) is 12.5 Å². The van der Waals surface area contributed by atoms with Gasteiger partial charge in [-0.3, -0.25) is 9.59 Å². The summed E-state index contributed by atoms with van der Waals surface area (Å²) < 4.78 is 38.0. The van der Waals surface area contributed by atoms with Crippen LogP contribution in [0.3, 0.4) is 0 Å². The lowest BCUT2D eigenvalue weighted by atomic mass is 9.76. The maximum atomic E-state index is 13.4. The largest absolute Gasteiger partial charge is 0.493 e. The Morgan fingerprint density at radius 1 is 0.829 bits per heavy atom. The summed E-state index contributed by atoms with van der Waals surface area (Å²) >= 11 is 0. The first-order valence-electron chi connectivity index (χ1n) is 11.4. The second-order valence-corrected chi connectivity index (χ2v) is 7.92. The summed E-state index contributed by atoms with van der Waals surface area (Å²) in [6.07, 6.45) is 0.575. The number of carbonyl (C=O) groups excluding carboxylic acids is 2. The van der Waals surface area contributed by atoms with Crippen molar-refractivity contribution in [1.29, 1.82) is 0 Å². The summed E-state index contributed by atoms with van der Waals surface area (Å²) in [5.41, 5.74) is -0.0732. The molecule has 0 fully saturated rings. The molecule has 190 valence electrons. The van der Waals surface area contributed by atoms with Crippen LogP contribution in [0.1, 0.15) is 31.4 Å². The zero-order valence-electron chi connectivity index (χ0n) is 20.8. The minimum Gasteiger partial charge on any atom is -0.493 e. The smallest absolute Gasteiger partial charge is 0.323 e. The number of aryl methyl sites for hydroxylation is 1. The van der Waals surface area contributed by atoms with Gasteiger partial charge in [0, 0.05) is 0 Å². The summed E-state index contributed by atoms with van der Waals surface area (Å²) in [4.78, 5) is 26.7. The molecule has 0 saturated carbocycles. The molecule has 0 bridgehead atoms. The third-order valence-electron chi connectivity index (χ3n) is 5.84. The van der Waals surface area contributed by atoms with Crippen LogP contribution in [0.4, 0.5) is 0 Å². The Bertz CT molecular complexity index is 1000. The highest BCUT2D eigenvalue weighted by Gasteiger charge is 2.49. The predicted octanol–water partition coefficient (Wildman–Crippen LogP) is 3.73. The van der Waals surface area contributed by atoms with Crippen LogP contribution in [0.5, 0.6) is 28.7 Å². The van der Waals surface area contributed by atoms with E-state index in [-0.39, 0.29) is 32.8 Å². The molecule has 9 nitrogen and oxygen atoms in total. The number of fused-ring (bicyclic) bond motifs is 1. The van der Waals surface area contributed by atoms with Gasteiger partial charge in [0.25, 0.3) is 0 Å². The standard InChI is InChI=1S/C26H32O9/c1-6-32-24(27)26(25(28)33-7-2,11-10-17-8-9-19-20(12-17)35-16-34-19)15-18-13-21(29-3)23(31-5)22(14-18)30-4/h8-9,12-14H,6-7,10-11,15-16H2,1-5H3. The number of hydrogen-bond donors (Lipinski definition) is 0. The van der Waals surface area contributed by atoms with Crippen LogP contribution >= 0.6 is 0 Å². The number of methoxy groups -OCH3 is 3. The Balaban J connectivity index is 2.02. The van der Waals surface area contributed by atoms with Crippen LogP contribution in [0, 0.1) is 5.41 Å². The molecule has 0 radical (unpaired) electrons. The zero-order valence-corrected chi connectivity index (χ0v) is 20.8. The van der Waals surface area contributed by atoms with E-state index >= 15 is 0 Å². The molecule has 1 heterocycles. The van der Waals surface area contributed by atoms with Crippen molar-refractivity contribution in [2.24, 2.45) is 5.41 Å². The molecule has 35 heavy (non-hydrogen) atoms. The fourth-order valence-electron chi connectivity index (χ4n) is 4.10. The van der Waals surface area contributed by atoms with Crippen LogP contribution in [-0.4, -0.2) is 53.3 Å². The second kappa shape index (κ2) is 11.7. The van der Waals surface area contributed by atoms with E-state index in [1.54, 1.807) is 26.0 Å². The maximum Gasteiger partial charge on any atom is 0.323 e. The molecule has 2 aromatic carbocycles. The van der Waals surface area contributed by atoms with Gasteiger partial charge in [-0.2, -0.15) is 0 Å². The first kappa shape index (κ1) is 26.0. The molecule has 0 amide bonds. The monoisotopic (exact) mass is 488 g/mol. The lowest BCUT2D eigenvalue weighted by Crippen LogP contribution is -2.44. The number of ether oxygens (including phenoxy) is 7. The van der Waals surface area contributed by atoms with Crippen LogP contribution in [-0.2, 0) is 31.9 Å². The fourth-order valence-corrected chi connectivity index (χ4v) is 4.10. The van der Waals surface area contributed by atoms with E-state index in [1.165, 1.54) is 21.3 Å². The summed E-state index contributed by atoms with van der Waals surface area (Å²) in [5.74, 6) is 1.24. The van der Waals surface area contributed by atoms with E-state index in [1.807, 2.05) is 18.2 Å². The van der Waals surface area contributed by atoms with Gasteiger partial charge in [-0.1, -0.05) is 6.07 Å². The molecule has 3 rings (SSSR count). The van der Waals surface area contributed by atoms with Crippen molar-refractivity contribution < 1.29 is 42.7 Å². The van der Waals surface area contributed by atoms with Crippen LogP contribution < -0.4 is 23.7 Å². The first-order chi connectivity index (χ1) is 16.9. The molecule has 0 saturated heterocycles. The van der Waals surface area contributed by atoms with Crippen molar-refractivity contribution >= 4 is 11.9 Å². The third-order valence-corrected chi connectivity index (χ3v) is 5.84. The zero-order chi connectivity index (χ0) is 25.4. The van der Waals surface area contributed by atoms with Crippen LogP contribution in [0.2, 0.25) is 0 Å². The van der Waals surface area contributed by atoms with Gasteiger partial charge in [-0.05, 0) is 68.5 Å². The number of benzene rings is 2. The van der Waals surface area contributed by atoms with Gasteiger partial charge >= 0.3 is 11.9 Å². The molecule has 0 spiro atoms. The van der Waals surface area contributed by atoms with Crippen molar-refractivity contribution in [3.63, 3.8) is 0 Å². The minimum absolute atomic E-state index is 0.0198. The highest BCUT2D eigenvalue weighted by molar-refractivity contribution is 6.00. The normalized spacial score (nSPS) is 12.1. The van der Waals surface area contributed by atoms with Gasteiger partial charge in [0.05, 0.1) is 34.5 Å². The minimum atomic E-state index is -1.59. The molecule has 0 atom stereocenters. The van der Waals surface area contributed by atoms with E-state index in [0.29, 0.717) is 40.7 Å². The maximum absolute atomic E-state index is 13.4. The highest BCUT2D eigenvalue weighted by atomic mass is 16.7. The first-order valence-corrected chi connectivity index (χ1v) is 11.4. The molecule has 2 aromatic rings. The predicted molar refractivity (Wildman–Crippen MR) is 126 cm³/mol. The molecule has 1 aliphatic rings. The molecule has 0 aliphatic carbocycles. The van der Waals surface area contributed by atoms with Crippen LogP contribution in [0.25, 0.3) is 0 Å². The lowest BCUT2D eigenvalue weighted by molar-refractivity contribution is -0.172. The quantitative estimate of drug-likeness (QED) is 0.327. The average Bonchev–Trinajstić information content (AvgIpc) is 3.34. The van der Waals surface area contributed by atoms with Gasteiger partial charge in [0.15, 0.2) is 28.4 Å². The Morgan fingerprint density at radius 2 is 1.43 bits per heavy atom. The Kier molecular flexibility index (Phi) is 8.68. The highest BCUT2D eigenvalue weighted by Crippen LogP contribution is 2.42. The van der Waals surface area contributed by atoms with Gasteiger partial charge in [-0.15, -0.1) is 0 Å². The third kappa shape index (κ3) is 5.55. The molecule has 9 heteroatoms. The average molecular weight is 489 g/mol. The Hall–Kier alpha value is -3.62. The molecule has 0 aromatic heterocycles. The summed E-state index contributed by atoms with van der Waals surface area (Å²) in [6.45, 7) is 3.81. The molecular weight excluding hydrogens is 456 g/mol. The topological polar surface area (TPSA) is 98.8 Å². The molecular formula is C26H32O9. The molecule has 0 N–H and O–H groups in total. The second-order valence-electron chi connectivity index (χ2n) is 7.92. The van der Waals surface area contributed by atoms with E-state index in [9.17, 15) is 9.59 Å². The van der Waals surface area contributed by atoms with Crippen LogP contribution in [0.15, 0.2) is 30.3 Å². The molecule has 1 aliphatic heterocycles. The lowest BCUT2D eigenvalue weighted by Gasteiger charge is -2.30. The van der Waals surface area contributed by atoms with Crippen molar-refractivity contribution in [3.05, 3.63) is 41.5 Å². The molecule has 0 unspecified atom stereocenters. The SMILES string of the molecule is CCOC(=O)C(CCc1ccc2c(c1)OCO2)(Cc1cc(OC)c(OC)c(OC)c1)C(=O)OCC. The number of hydrogen-bond acceptors (Lipinski definition) is 9. The van der Waals surface area contributed by atoms with E-state index in [4.69, 9.17) is 33.2 Å². The van der Waals surface area contributed by atoms with Crippen molar-refractivity contribution in [1.82, 2.24) is 0 Å². The fraction of sp³-hybridized carbons (Fsp3) is 0.462. The summed E-state index contributed by atoms with van der Waals surface area (Å²) in [6, 6.07) is 8.98. The van der Waals surface area contributed by atoms with Crippen molar-refractivity contribution in [3.8, 4) is 28.7 Å². The van der Waals surface area contributed by atoms with Crippen molar-refractivity contribution in [2.75, 3.05) is 41.3 Å². The summed E-state index contributed by atoms with van der Waals surface area (Å²) in [7, 11) is 4.52. The summed E-state index contributed by atoms with van der Waals surface area (Å²) in [5, 5.41) is 0. The van der Waals surface area contributed by atoms with Gasteiger partial charge < -0.3 is 33.2 Å². The van der Waals surface area contributed by atoms with Gasteiger partial charge in [0.1, 0.15) is 0 Å². The van der Waals surface area contributed by atoms with E-state index in [0.717, 1.165) is 5.56 Å². The number of carbonyl (C=O) groups is 2. The van der Waals surface area contributed by atoms with Crippen molar-refractivity contribution in [2.45, 2.75) is 33.1 Å².